The van der Waals surface area contributed by atoms with Gasteiger partial charge in [0.2, 0.25) is 10.0 Å². The van der Waals surface area contributed by atoms with Crippen LogP contribution in [0.4, 0.5) is 0 Å². The summed E-state index contributed by atoms with van der Waals surface area (Å²) < 4.78 is 26.7. The fraction of sp³-hybridized carbons (Fsp3) is 0.538. The molecule has 0 aliphatic carbocycles. The van der Waals surface area contributed by atoms with Gasteiger partial charge < -0.3 is 5.32 Å². The molecule has 0 bridgehead atoms. The molecule has 2 N–H and O–H groups in total. The van der Waals surface area contributed by atoms with Crippen molar-refractivity contribution in [2.75, 3.05) is 13.6 Å². The van der Waals surface area contributed by atoms with E-state index in [0.29, 0.717) is 23.9 Å². The summed E-state index contributed by atoms with van der Waals surface area (Å²) in [4.78, 5) is 0.389. The molecule has 1 rings (SSSR count). The van der Waals surface area contributed by atoms with Gasteiger partial charge in [0.1, 0.15) is 0 Å². The van der Waals surface area contributed by atoms with Crippen molar-refractivity contribution in [2.45, 2.75) is 37.6 Å². The van der Waals surface area contributed by atoms with Crippen LogP contribution in [0.5, 0.6) is 0 Å². The Morgan fingerprint density at radius 3 is 2.44 bits per heavy atom. The maximum Gasteiger partial charge on any atom is 0.240 e. The minimum absolute atomic E-state index is 0.294. The van der Waals surface area contributed by atoms with Crippen molar-refractivity contribution in [2.24, 2.45) is 0 Å². The highest BCUT2D eigenvalue weighted by atomic mass is 32.2. The van der Waals surface area contributed by atoms with Crippen molar-refractivity contribution in [3.05, 3.63) is 29.8 Å². The molecule has 4 nitrogen and oxygen atoms in total. The summed E-state index contributed by atoms with van der Waals surface area (Å²) in [5.41, 5.74) is 0.861. The summed E-state index contributed by atoms with van der Waals surface area (Å²) in [6.07, 6.45) is 1.68. The van der Waals surface area contributed by atoms with Crippen LogP contribution in [0.1, 0.15) is 25.8 Å². The average molecular weight is 270 g/mol. The Hall–Kier alpha value is -0.910. The van der Waals surface area contributed by atoms with Crippen LogP contribution < -0.4 is 10.0 Å². The van der Waals surface area contributed by atoms with E-state index in [2.05, 4.69) is 17.0 Å². The molecule has 1 aromatic rings. The largest absolute Gasteiger partial charge is 0.317 e. The van der Waals surface area contributed by atoms with E-state index in [1.165, 1.54) is 0 Å². The van der Waals surface area contributed by atoms with Gasteiger partial charge in [-0.1, -0.05) is 32.0 Å². The van der Waals surface area contributed by atoms with E-state index in [-0.39, 0.29) is 0 Å². The second kappa shape index (κ2) is 6.87. The molecule has 0 saturated heterocycles. The van der Waals surface area contributed by atoms with Gasteiger partial charge in [0.15, 0.2) is 0 Å². The molecule has 0 amide bonds. The molecule has 1 atom stereocenters. The molecule has 1 aromatic carbocycles. The monoisotopic (exact) mass is 270 g/mol. The number of hydrogen-bond acceptors (Lipinski definition) is 3. The topological polar surface area (TPSA) is 58.2 Å². The summed E-state index contributed by atoms with van der Waals surface area (Å²) in [6, 6.07) is 7.47. The second-order valence-electron chi connectivity index (χ2n) is 4.21. The highest BCUT2D eigenvalue weighted by molar-refractivity contribution is 7.89. The Morgan fingerprint density at radius 2 is 1.89 bits per heavy atom. The lowest BCUT2D eigenvalue weighted by atomic mass is 10.0. The number of hydrogen-bond donors (Lipinski definition) is 2. The van der Waals surface area contributed by atoms with Crippen LogP contribution in [0.2, 0.25) is 0 Å². The lowest BCUT2D eigenvalue weighted by Gasteiger charge is -2.16. The minimum atomic E-state index is -3.38. The van der Waals surface area contributed by atoms with E-state index in [0.717, 1.165) is 12.0 Å². The fourth-order valence-electron chi connectivity index (χ4n) is 1.92. The summed E-state index contributed by atoms with van der Waals surface area (Å²) in [6.45, 7) is 4.27. The van der Waals surface area contributed by atoms with Gasteiger partial charge in [-0.2, -0.15) is 0 Å². The van der Waals surface area contributed by atoms with Crippen molar-refractivity contribution >= 4 is 10.0 Å². The number of likely N-dealkylation sites (N-methyl/N-ethyl adjacent to an activating group) is 1. The van der Waals surface area contributed by atoms with Crippen molar-refractivity contribution in [1.82, 2.24) is 10.0 Å². The first-order valence-corrected chi connectivity index (χ1v) is 7.78. The molecule has 0 aliphatic rings. The molecular weight excluding hydrogens is 248 g/mol. The number of benzene rings is 1. The van der Waals surface area contributed by atoms with E-state index >= 15 is 0 Å². The normalized spacial score (nSPS) is 13.5. The third-order valence-electron chi connectivity index (χ3n) is 2.96. The van der Waals surface area contributed by atoms with Crippen LogP contribution in [-0.4, -0.2) is 28.1 Å². The van der Waals surface area contributed by atoms with E-state index in [1.807, 2.05) is 19.2 Å². The maximum atomic E-state index is 12.1. The molecule has 0 heterocycles. The molecule has 0 aliphatic heterocycles. The SMILES string of the molecule is CCNS(=O)(=O)c1ccccc1CC(CC)NC. The Labute approximate surface area is 110 Å². The first-order valence-electron chi connectivity index (χ1n) is 6.30. The van der Waals surface area contributed by atoms with Gasteiger partial charge in [0.25, 0.3) is 0 Å². The zero-order chi connectivity index (χ0) is 13.6. The molecule has 0 fully saturated rings. The van der Waals surface area contributed by atoms with Crippen LogP contribution in [0.25, 0.3) is 0 Å². The van der Waals surface area contributed by atoms with Crippen molar-refractivity contribution < 1.29 is 8.42 Å². The lowest BCUT2D eigenvalue weighted by Crippen LogP contribution is -2.29. The number of nitrogens with one attached hydrogen (secondary N) is 2. The van der Waals surface area contributed by atoms with Crippen LogP contribution >= 0.6 is 0 Å². The fourth-order valence-corrected chi connectivity index (χ4v) is 3.21. The van der Waals surface area contributed by atoms with E-state index in [9.17, 15) is 8.42 Å². The predicted molar refractivity (Wildman–Crippen MR) is 74.1 cm³/mol. The summed E-state index contributed by atoms with van der Waals surface area (Å²) in [5, 5.41) is 3.20. The average Bonchev–Trinajstić information content (AvgIpc) is 2.36. The third-order valence-corrected chi connectivity index (χ3v) is 4.61. The predicted octanol–water partition coefficient (Wildman–Crippen LogP) is 1.53. The highest BCUT2D eigenvalue weighted by Crippen LogP contribution is 2.17. The molecule has 0 saturated carbocycles. The van der Waals surface area contributed by atoms with E-state index in [4.69, 9.17) is 0 Å². The summed E-state index contributed by atoms with van der Waals surface area (Å²) in [7, 11) is -1.48. The standard InChI is InChI=1S/C13H22N2O2S/c1-4-12(14-3)10-11-8-6-7-9-13(11)18(16,17)15-5-2/h6-9,12,14-15H,4-5,10H2,1-3H3. The molecule has 5 heteroatoms. The zero-order valence-corrected chi connectivity index (χ0v) is 12.0. The van der Waals surface area contributed by atoms with Crippen molar-refractivity contribution in [3.8, 4) is 0 Å². The van der Waals surface area contributed by atoms with Crippen LogP contribution in [-0.2, 0) is 16.4 Å². The Kier molecular flexibility index (Phi) is 5.78. The van der Waals surface area contributed by atoms with Crippen LogP contribution in [0, 0.1) is 0 Å². The quantitative estimate of drug-likeness (QED) is 0.790. The van der Waals surface area contributed by atoms with Gasteiger partial charge in [-0.05, 0) is 31.5 Å². The molecule has 18 heavy (non-hydrogen) atoms. The lowest BCUT2D eigenvalue weighted by molar-refractivity contribution is 0.536. The van der Waals surface area contributed by atoms with Gasteiger partial charge in [0, 0.05) is 12.6 Å². The zero-order valence-electron chi connectivity index (χ0n) is 11.2. The highest BCUT2D eigenvalue weighted by Gasteiger charge is 2.18. The molecular formula is C13H22N2O2S. The van der Waals surface area contributed by atoms with Crippen LogP contribution in [0.3, 0.4) is 0 Å². The second-order valence-corrected chi connectivity index (χ2v) is 5.94. The maximum absolute atomic E-state index is 12.1. The number of rotatable bonds is 7. The van der Waals surface area contributed by atoms with Crippen molar-refractivity contribution in [1.29, 1.82) is 0 Å². The van der Waals surface area contributed by atoms with Gasteiger partial charge >= 0.3 is 0 Å². The first kappa shape index (κ1) is 15.1. The smallest absolute Gasteiger partial charge is 0.240 e. The third kappa shape index (κ3) is 3.80. The minimum Gasteiger partial charge on any atom is -0.317 e. The Balaban J connectivity index is 3.07. The molecule has 102 valence electrons. The molecule has 0 radical (unpaired) electrons. The van der Waals surface area contributed by atoms with Gasteiger partial charge in [0.05, 0.1) is 4.90 Å². The van der Waals surface area contributed by atoms with Gasteiger partial charge in [-0.3, -0.25) is 0 Å². The molecule has 0 spiro atoms. The van der Waals surface area contributed by atoms with Gasteiger partial charge in [-0.25, -0.2) is 13.1 Å². The molecule has 0 aromatic heterocycles. The summed E-state index contributed by atoms with van der Waals surface area (Å²) in [5.74, 6) is 0. The Bertz CT molecular complexity index is 468. The Morgan fingerprint density at radius 1 is 1.22 bits per heavy atom. The van der Waals surface area contributed by atoms with Gasteiger partial charge in [-0.15, -0.1) is 0 Å². The first-order chi connectivity index (χ1) is 8.55. The van der Waals surface area contributed by atoms with E-state index in [1.54, 1.807) is 19.1 Å². The van der Waals surface area contributed by atoms with Crippen molar-refractivity contribution in [3.63, 3.8) is 0 Å². The summed E-state index contributed by atoms with van der Waals surface area (Å²) >= 11 is 0. The van der Waals surface area contributed by atoms with E-state index < -0.39 is 10.0 Å². The van der Waals surface area contributed by atoms with Crippen LogP contribution in [0.15, 0.2) is 29.2 Å². The molecule has 1 unspecified atom stereocenters. The number of sulfonamides is 1.